The quantitative estimate of drug-likeness (QED) is 0.662. The smallest absolute Gasteiger partial charge is 0.232 e. The summed E-state index contributed by atoms with van der Waals surface area (Å²) >= 11 is 0. The molecule has 62 valence electrons. The van der Waals surface area contributed by atoms with Crippen molar-refractivity contribution in [3.63, 3.8) is 0 Å². The Labute approximate surface area is 67.0 Å². The lowest BCUT2D eigenvalue weighted by molar-refractivity contribution is 0.230. The van der Waals surface area contributed by atoms with E-state index in [1.165, 1.54) is 0 Å². The molecule has 1 rings (SSSR count). The fraction of sp³-hybridized carbons (Fsp3) is 0.625. The lowest BCUT2D eigenvalue weighted by atomic mass is 10.5. The van der Waals surface area contributed by atoms with E-state index in [4.69, 9.17) is 4.74 Å². The molecule has 0 saturated carbocycles. The average molecular weight is 154 g/mol. The first-order valence-corrected chi connectivity index (χ1v) is 3.92. The van der Waals surface area contributed by atoms with Gasteiger partial charge in [-0.3, -0.25) is 4.68 Å². The third-order valence-corrected chi connectivity index (χ3v) is 1.30. The summed E-state index contributed by atoms with van der Waals surface area (Å²) in [4.78, 5) is 0. The molecule has 0 N–H and O–H groups in total. The second kappa shape index (κ2) is 3.42. The van der Waals surface area contributed by atoms with Crippen LogP contribution in [0.4, 0.5) is 0 Å². The molecule has 0 radical (unpaired) electrons. The summed E-state index contributed by atoms with van der Waals surface area (Å²) < 4.78 is 7.21. The Bertz CT molecular complexity index is 218. The molecule has 0 aromatic carbocycles. The van der Waals surface area contributed by atoms with Crippen LogP contribution in [0, 0.1) is 0 Å². The van der Waals surface area contributed by atoms with Crippen molar-refractivity contribution < 1.29 is 4.74 Å². The average Bonchev–Trinajstić information content (AvgIpc) is 2.34. The summed E-state index contributed by atoms with van der Waals surface area (Å²) in [7, 11) is 0. The molecule has 1 heterocycles. The highest BCUT2D eigenvalue weighted by molar-refractivity contribution is 5.05. The SMILES string of the molecule is CCn1ccc(OC(C)C)n1. The van der Waals surface area contributed by atoms with Gasteiger partial charge >= 0.3 is 0 Å². The third-order valence-electron chi connectivity index (χ3n) is 1.30. The maximum Gasteiger partial charge on any atom is 0.232 e. The Morgan fingerprint density at radius 2 is 2.36 bits per heavy atom. The van der Waals surface area contributed by atoms with Crippen LogP contribution in [-0.4, -0.2) is 15.9 Å². The third kappa shape index (κ3) is 2.26. The summed E-state index contributed by atoms with van der Waals surface area (Å²) in [5, 5.41) is 4.16. The number of aromatic nitrogens is 2. The van der Waals surface area contributed by atoms with Gasteiger partial charge in [0.25, 0.3) is 0 Å². The van der Waals surface area contributed by atoms with Crippen LogP contribution < -0.4 is 4.74 Å². The number of hydrogen-bond donors (Lipinski definition) is 0. The van der Waals surface area contributed by atoms with E-state index in [2.05, 4.69) is 5.10 Å². The minimum Gasteiger partial charge on any atom is -0.474 e. The van der Waals surface area contributed by atoms with E-state index < -0.39 is 0 Å². The summed E-state index contributed by atoms with van der Waals surface area (Å²) in [6.07, 6.45) is 2.12. The highest BCUT2D eigenvalue weighted by Crippen LogP contribution is 2.07. The molecule has 0 fully saturated rings. The molecule has 3 heteroatoms. The molecule has 0 amide bonds. The van der Waals surface area contributed by atoms with Crippen molar-refractivity contribution in [2.45, 2.75) is 33.4 Å². The van der Waals surface area contributed by atoms with Crippen LogP contribution in [0.3, 0.4) is 0 Å². The van der Waals surface area contributed by atoms with Gasteiger partial charge in [-0.05, 0) is 20.8 Å². The molecule has 0 aliphatic carbocycles. The fourth-order valence-corrected chi connectivity index (χ4v) is 0.824. The Kier molecular flexibility index (Phi) is 2.52. The predicted octanol–water partition coefficient (Wildman–Crippen LogP) is 1.69. The lowest BCUT2D eigenvalue weighted by Gasteiger charge is -2.04. The topological polar surface area (TPSA) is 27.1 Å². The molecule has 3 nitrogen and oxygen atoms in total. The monoisotopic (exact) mass is 154 g/mol. The van der Waals surface area contributed by atoms with Gasteiger partial charge < -0.3 is 4.74 Å². The number of rotatable bonds is 3. The Morgan fingerprint density at radius 1 is 1.64 bits per heavy atom. The van der Waals surface area contributed by atoms with Crippen LogP contribution in [0.1, 0.15) is 20.8 Å². The fourth-order valence-electron chi connectivity index (χ4n) is 0.824. The van der Waals surface area contributed by atoms with Crippen molar-refractivity contribution in [2.75, 3.05) is 0 Å². The molecule has 0 bridgehead atoms. The van der Waals surface area contributed by atoms with Crippen molar-refractivity contribution in [3.05, 3.63) is 12.3 Å². The summed E-state index contributed by atoms with van der Waals surface area (Å²) in [6.45, 7) is 6.92. The molecule has 0 saturated heterocycles. The van der Waals surface area contributed by atoms with Crippen molar-refractivity contribution in [1.29, 1.82) is 0 Å². The molecule has 0 spiro atoms. The van der Waals surface area contributed by atoms with Crippen LogP contribution in [0.15, 0.2) is 12.3 Å². The van der Waals surface area contributed by atoms with Gasteiger partial charge in [-0.2, -0.15) is 0 Å². The summed E-state index contributed by atoms with van der Waals surface area (Å²) in [5.41, 5.74) is 0. The number of aryl methyl sites for hydroxylation is 1. The molecular weight excluding hydrogens is 140 g/mol. The minimum absolute atomic E-state index is 0.204. The van der Waals surface area contributed by atoms with E-state index in [0.29, 0.717) is 5.88 Å². The Morgan fingerprint density at radius 3 is 2.82 bits per heavy atom. The van der Waals surface area contributed by atoms with Gasteiger partial charge in [0.05, 0.1) is 6.10 Å². The predicted molar refractivity (Wildman–Crippen MR) is 43.7 cm³/mol. The second-order valence-electron chi connectivity index (χ2n) is 2.68. The van der Waals surface area contributed by atoms with E-state index in [-0.39, 0.29) is 6.10 Å². The molecule has 1 aromatic heterocycles. The number of nitrogens with zero attached hydrogens (tertiary/aromatic N) is 2. The maximum atomic E-state index is 5.36. The van der Waals surface area contributed by atoms with Gasteiger partial charge in [0.15, 0.2) is 0 Å². The maximum absolute atomic E-state index is 5.36. The van der Waals surface area contributed by atoms with Gasteiger partial charge in [-0.15, -0.1) is 5.10 Å². The molecule has 1 aromatic rings. The van der Waals surface area contributed by atoms with Crippen LogP contribution in [0.5, 0.6) is 5.88 Å². The zero-order chi connectivity index (χ0) is 8.27. The zero-order valence-electron chi connectivity index (χ0n) is 7.24. The molecule has 0 aliphatic rings. The van der Waals surface area contributed by atoms with Crippen LogP contribution in [0.25, 0.3) is 0 Å². The van der Waals surface area contributed by atoms with Gasteiger partial charge in [0.2, 0.25) is 5.88 Å². The Balaban J connectivity index is 2.58. The molecular formula is C8H14N2O. The van der Waals surface area contributed by atoms with Crippen molar-refractivity contribution in [3.8, 4) is 5.88 Å². The highest BCUT2D eigenvalue weighted by Gasteiger charge is 1.99. The van der Waals surface area contributed by atoms with Gasteiger partial charge in [-0.25, -0.2) is 0 Å². The van der Waals surface area contributed by atoms with E-state index >= 15 is 0 Å². The van der Waals surface area contributed by atoms with Crippen LogP contribution in [0.2, 0.25) is 0 Å². The second-order valence-corrected chi connectivity index (χ2v) is 2.68. The van der Waals surface area contributed by atoms with Crippen molar-refractivity contribution >= 4 is 0 Å². The number of ether oxygens (including phenoxy) is 1. The normalized spacial score (nSPS) is 10.5. The van der Waals surface area contributed by atoms with Crippen molar-refractivity contribution in [2.24, 2.45) is 0 Å². The van der Waals surface area contributed by atoms with E-state index in [1.54, 1.807) is 0 Å². The van der Waals surface area contributed by atoms with E-state index in [0.717, 1.165) is 6.54 Å². The first-order chi connectivity index (χ1) is 5.22. The largest absolute Gasteiger partial charge is 0.474 e. The standard InChI is InChI=1S/C8H14N2O/c1-4-10-6-5-8(9-10)11-7(2)3/h5-7H,4H2,1-3H3. The highest BCUT2D eigenvalue weighted by atomic mass is 16.5. The Hall–Kier alpha value is -0.990. The number of hydrogen-bond acceptors (Lipinski definition) is 2. The van der Waals surface area contributed by atoms with E-state index in [9.17, 15) is 0 Å². The first-order valence-electron chi connectivity index (χ1n) is 3.92. The first kappa shape index (κ1) is 8.11. The summed E-state index contributed by atoms with van der Waals surface area (Å²) in [5.74, 6) is 0.710. The van der Waals surface area contributed by atoms with E-state index in [1.807, 2.05) is 37.7 Å². The molecule has 0 aliphatic heterocycles. The summed E-state index contributed by atoms with van der Waals surface area (Å²) in [6, 6.07) is 1.88. The molecule has 0 unspecified atom stereocenters. The van der Waals surface area contributed by atoms with Crippen LogP contribution in [-0.2, 0) is 6.54 Å². The lowest BCUT2D eigenvalue weighted by Crippen LogP contribution is -2.06. The van der Waals surface area contributed by atoms with Gasteiger partial charge in [0, 0.05) is 18.8 Å². The van der Waals surface area contributed by atoms with Gasteiger partial charge in [-0.1, -0.05) is 0 Å². The minimum atomic E-state index is 0.204. The molecule has 11 heavy (non-hydrogen) atoms. The zero-order valence-corrected chi connectivity index (χ0v) is 7.24. The van der Waals surface area contributed by atoms with Crippen LogP contribution >= 0.6 is 0 Å². The van der Waals surface area contributed by atoms with Gasteiger partial charge in [0.1, 0.15) is 0 Å². The van der Waals surface area contributed by atoms with Crippen molar-refractivity contribution in [1.82, 2.24) is 9.78 Å². The molecule has 0 atom stereocenters.